The van der Waals surface area contributed by atoms with Gasteiger partial charge in [-0.2, -0.15) is 5.01 Å². The number of amides is 4. The Bertz CT molecular complexity index is 1290. The Morgan fingerprint density at radius 2 is 1.09 bits per heavy atom. The Kier molecular flexibility index (Phi) is 5.20. The first-order valence-electron chi connectivity index (χ1n) is 11.6. The van der Waals surface area contributed by atoms with Crippen molar-refractivity contribution in [3.05, 3.63) is 76.9 Å². The fourth-order valence-corrected chi connectivity index (χ4v) is 5.12. The van der Waals surface area contributed by atoms with Crippen LogP contribution in [0.4, 0.5) is 5.69 Å². The van der Waals surface area contributed by atoms with Crippen LogP contribution in [-0.4, -0.2) is 46.1 Å². The number of anilines is 1. The third-order valence-corrected chi connectivity index (χ3v) is 6.81. The SMILES string of the molecule is CCC(CC)N1C(=O)c2ccc3c4c(ccc(c24)C1=O)C(=O)N(N(CC)c1ccccc1)C3=O. The van der Waals surface area contributed by atoms with E-state index in [9.17, 15) is 19.2 Å². The molecule has 0 bridgehead atoms. The minimum Gasteiger partial charge on any atom is -0.276 e. The number of hydrazine groups is 1. The van der Waals surface area contributed by atoms with Crippen LogP contribution < -0.4 is 5.01 Å². The molecule has 0 spiro atoms. The summed E-state index contributed by atoms with van der Waals surface area (Å²) >= 11 is 0. The van der Waals surface area contributed by atoms with Crippen molar-refractivity contribution in [3.63, 3.8) is 0 Å². The molecule has 7 heteroatoms. The van der Waals surface area contributed by atoms with Crippen molar-refractivity contribution in [2.75, 3.05) is 11.6 Å². The molecule has 5 rings (SSSR count). The molecule has 4 amide bonds. The molecule has 0 atom stereocenters. The van der Waals surface area contributed by atoms with Crippen LogP contribution >= 0.6 is 0 Å². The van der Waals surface area contributed by atoms with Gasteiger partial charge in [-0.1, -0.05) is 32.0 Å². The van der Waals surface area contributed by atoms with E-state index in [1.807, 2.05) is 51.1 Å². The van der Waals surface area contributed by atoms with Gasteiger partial charge in [0.2, 0.25) is 0 Å². The highest BCUT2D eigenvalue weighted by Crippen LogP contribution is 2.39. The summed E-state index contributed by atoms with van der Waals surface area (Å²) in [5, 5.41) is 3.57. The topological polar surface area (TPSA) is 78.0 Å². The fourth-order valence-electron chi connectivity index (χ4n) is 5.12. The van der Waals surface area contributed by atoms with Gasteiger partial charge in [-0.3, -0.25) is 29.1 Å². The summed E-state index contributed by atoms with van der Waals surface area (Å²) in [6, 6.07) is 15.4. The quantitative estimate of drug-likeness (QED) is 0.505. The number of hydrogen-bond acceptors (Lipinski definition) is 5. The first kappa shape index (κ1) is 21.8. The zero-order valence-corrected chi connectivity index (χ0v) is 19.4. The lowest BCUT2D eigenvalue weighted by Gasteiger charge is -2.38. The number of carbonyl (C=O) groups excluding carboxylic acids is 4. The molecule has 7 nitrogen and oxygen atoms in total. The summed E-state index contributed by atoms with van der Waals surface area (Å²) < 4.78 is 0. The predicted molar refractivity (Wildman–Crippen MR) is 129 cm³/mol. The van der Waals surface area contributed by atoms with E-state index in [0.29, 0.717) is 58.1 Å². The zero-order chi connectivity index (χ0) is 24.1. The average molecular weight is 456 g/mol. The molecule has 0 saturated heterocycles. The summed E-state index contributed by atoms with van der Waals surface area (Å²) in [5.74, 6) is -1.71. The highest BCUT2D eigenvalue weighted by molar-refractivity contribution is 6.33. The Morgan fingerprint density at radius 3 is 1.50 bits per heavy atom. The van der Waals surface area contributed by atoms with Gasteiger partial charge in [-0.25, -0.2) is 0 Å². The molecule has 0 saturated carbocycles. The van der Waals surface area contributed by atoms with E-state index in [0.717, 1.165) is 5.01 Å². The van der Waals surface area contributed by atoms with Crippen LogP contribution in [0.15, 0.2) is 54.6 Å². The Morgan fingerprint density at radius 1 is 0.647 bits per heavy atom. The van der Waals surface area contributed by atoms with Crippen LogP contribution in [0, 0.1) is 0 Å². The molecule has 2 aliphatic heterocycles. The van der Waals surface area contributed by atoms with E-state index in [4.69, 9.17) is 0 Å². The largest absolute Gasteiger partial charge is 0.280 e. The zero-order valence-electron chi connectivity index (χ0n) is 19.4. The second-order valence-electron chi connectivity index (χ2n) is 8.50. The maximum absolute atomic E-state index is 13.6. The molecule has 0 unspecified atom stereocenters. The molecule has 172 valence electrons. The van der Waals surface area contributed by atoms with Crippen LogP contribution in [0.5, 0.6) is 0 Å². The van der Waals surface area contributed by atoms with Crippen molar-refractivity contribution in [3.8, 4) is 0 Å². The van der Waals surface area contributed by atoms with Gasteiger partial charge >= 0.3 is 0 Å². The second kappa shape index (κ2) is 8.09. The van der Waals surface area contributed by atoms with Crippen LogP contribution in [0.25, 0.3) is 10.8 Å². The third-order valence-electron chi connectivity index (χ3n) is 6.81. The smallest absolute Gasteiger partial charge is 0.276 e. The molecule has 2 heterocycles. The van der Waals surface area contributed by atoms with Crippen molar-refractivity contribution in [1.29, 1.82) is 0 Å². The lowest BCUT2D eigenvalue weighted by molar-refractivity contribution is 0.0523. The number of nitrogens with zero attached hydrogens (tertiary/aromatic N) is 3. The predicted octanol–water partition coefficient (Wildman–Crippen LogP) is 4.66. The lowest BCUT2D eigenvalue weighted by Crippen LogP contribution is -2.52. The molecular formula is C27H25N3O4. The molecule has 0 aromatic heterocycles. The van der Waals surface area contributed by atoms with E-state index >= 15 is 0 Å². The molecule has 2 aliphatic rings. The average Bonchev–Trinajstić information content (AvgIpc) is 2.86. The number of para-hydroxylation sites is 1. The maximum Gasteiger partial charge on any atom is 0.280 e. The standard InChI is InChI=1S/C27H25N3O4/c1-4-16(5-2)29-24(31)18-12-14-20-23-21(15-13-19(22(18)23)25(29)32)27(34)30(26(20)33)28(6-3)17-10-8-7-9-11-17/h7-16H,4-6H2,1-3H3. The summed E-state index contributed by atoms with van der Waals surface area (Å²) in [6.45, 7) is 6.16. The van der Waals surface area contributed by atoms with Gasteiger partial charge in [-0.05, 0) is 56.2 Å². The van der Waals surface area contributed by atoms with Crippen molar-refractivity contribution < 1.29 is 19.2 Å². The van der Waals surface area contributed by atoms with Crippen LogP contribution in [-0.2, 0) is 0 Å². The van der Waals surface area contributed by atoms with Crippen molar-refractivity contribution in [2.45, 2.75) is 39.7 Å². The number of rotatable bonds is 6. The Hall–Kier alpha value is -4.00. The molecule has 3 aromatic rings. The Labute approximate surface area is 197 Å². The number of carbonyl (C=O) groups is 4. The van der Waals surface area contributed by atoms with Crippen molar-refractivity contribution in [1.82, 2.24) is 9.91 Å². The van der Waals surface area contributed by atoms with Gasteiger partial charge in [-0.15, -0.1) is 0 Å². The summed E-state index contributed by atoms with van der Waals surface area (Å²) in [4.78, 5) is 55.4. The highest BCUT2D eigenvalue weighted by atomic mass is 16.2. The maximum atomic E-state index is 13.6. The minimum atomic E-state index is -0.478. The van der Waals surface area contributed by atoms with Gasteiger partial charge in [0.1, 0.15) is 0 Å². The van der Waals surface area contributed by atoms with Gasteiger partial charge in [0.15, 0.2) is 0 Å². The van der Waals surface area contributed by atoms with E-state index in [1.54, 1.807) is 29.3 Å². The second-order valence-corrected chi connectivity index (χ2v) is 8.50. The van der Waals surface area contributed by atoms with E-state index in [1.165, 1.54) is 4.90 Å². The third kappa shape index (κ3) is 2.89. The molecule has 3 aromatic carbocycles. The van der Waals surface area contributed by atoms with Gasteiger partial charge < -0.3 is 0 Å². The number of benzene rings is 3. The van der Waals surface area contributed by atoms with E-state index < -0.39 is 11.8 Å². The highest BCUT2D eigenvalue weighted by Gasteiger charge is 2.42. The monoisotopic (exact) mass is 455 g/mol. The van der Waals surface area contributed by atoms with Gasteiger partial charge in [0.05, 0.1) is 16.8 Å². The van der Waals surface area contributed by atoms with Crippen LogP contribution in [0.1, 0.15) is 75.0 Å². The summed E-state index contributed by atoms with van der Waals surface area (Å²) in [5.41, 5.74) is 2.03. The minimum absolute atomic E-state index is 0.210. The summed E-state index contributed by atoms with van der Waals surface area (Å²) in [6.07, 6.45) is 1.31. The fraction of sp³-hybridized carbons (Fsp3) is 0.259. The van der Waals surface area contributed by atoms with Crippen LogP contribution in [0.2, 0.25) is 0 Å². The van der Waals surface area contributed by atoms with Gasteiger partial charge in [0, 0.05) is 34.5 Å². The van der Waals surface area contributed by atoms with E-state index in [2.05, 4.69) is 0 Å². The Balaban J connectivity index is 1.70. The lowest BCUT2D eigenvalue weighted by atomic mass is 9.85. The normalized spacial score (nSPS) is 15.1. The molecule has 0 aliphatic carbocycles. The van der Waals surface area contributed by atoms with Gasteiger partial charge in [0.25, 0.3) is 23.6 Å². The number of imide groups is 2. The number of hydrogen-bond donors (Lipinski definition) is 0. The first-order chi connectivity index (χ1) is 16.4. The summed E-state index contributed by atoms with van der Waals surface area (Å²) in [7, 11) is 0. The molecule has 34 heavy (non-hydrogen) atoms. The van der Waals surface area contributed by atoms with Crippen LogP contribution in [0.3, 0.4) is 0 Å². The van der Waals surface area contributed by atoms with Crippen molar-refractivity contribution in [2.24, 2.45) is 0 Å². The molecular weight excluding hydrogens is 430 g/mol. The van der Waals surface area contributed by atoms with Crippen molar-refractivity contribution >= 4 is 40.1 Å². The van der Waals surface area contributed by atoms with E-state index in [-0.39, 0.29) is 17.9 Å². The molecule has 0 fully saturated rings. The molecule has 0 N–H and O–H groups in total. The molecule has 0 radical (unpaired) electrons. The first-order valence-corrected chi connectivity index (χ1v) is 11.6.